The molecule has 0 atom stereocenters. The summed E-state index contributed by atoms with van der Waals surface area (Å²) in [6, 6.07) is 15.0. The second-order valence-electron chi connectivity index (χ2n) is 7.22. The van der Waals surface area contributed by atoms with E-state index in [1.54, 1.807) is 16.8 Å². The van der Waals surface area contributed by atoms with Crippen LogP contribution in [0.4, 0.5) is 10.2 Å². The molecule has 4 aromatic rings. The maximum Gasteiger partial charge on any atom is 0.179 e. The lowest BCUT2D eigenvalue weighted by Crippen LogP contribution is -2.19. The molecule has 2 aromatic carbocycles. The van der Waals surface area contributed by atoms with Gasteiger partial charge in [-0.25, -0.2) is 9.07 Å². The molecule has 0 amide bonds. The van der Waals surface area contributed by atoms with Gasteiger partial charge < -0.3 is 9.64 Å². The van der Waals surface area contributed by atoms with Gasteiger partial charge in [-0.15, -0.1) is 5.10 Å². The van der Waals surface area contributed by atoms with Gasteiger partial charge in [-0.1, -0.05) is 30.3 Å². The Morgan fingerprint density at radius 2 is 1.83 bits per heavy atom. The van der Waals surface area contributed by atoms with Crippen LogP contribution in [0.1, 0.15) is 23.9 Å². The quantitative estimate of drug-likeness (QED) is 0.469. The van der Waals surface area contributed by atoms with E-state index in [4.69, 9.17) is 9.84 Å². The number of fused-ring (bicyclic) bond motifs is 1. The number of benzene rings is 2. The lowest BCUT2D eigenvalue weighted by Gasteiger charge is -2.18. The molecule has 0 N–H and O–H groups in total. The Hall–Kier alpha value is -3.48. The predicted octanol–water partition coefficient (Wildman–Crippen LogP) is 4.61. The van der Waals surface area contributed by atoms with E-state index in [1.807, 2.05) is 50.9 Å². The number of halogens is 1. The fourth-order valence-corrected chi connectivity index (χ4v) is 3.65. The summed E-state index contributed by atoms with van der Waals surface area (Å²) in [6.45, 7) is 6.82. The Morgan fingerprint density at radius 1 is 1.07 bits per heavy atom. The third kappa shape index (κ3) is 3.58. The number of rotatable bonds is 6. The zero-order valence-electron chi connectivity index (χ0n) is 17.6. The first kappa shape index (κ1) is 19.8. The molecule has 0 fully saturated rings. The van der Waals surface area contributed by atoms with Gasteiger partial charge in [0.1, 0.15) is 17.0 Å². The summed E-state index contributed by atoms with van der Waals surface area (Å²) in [7, 11) is 1.96. The van der Waals surface area contributed by atoms with Crippen molar-refractivity contribution in [1.82, 2.24) is 20.0 Å². The van der Waals surface area contributed by atoms with E-state index in [-0.39, 0.29) is 0 Å². The molecule has 30 heavy (non-hydrogen) atoms. The van der Waals surface area contributed by atoms with E-state index >= 15 is 0 Å². The zero-order chi connectivity index (χ0) is 21.3. The van der Waals surface area contributed by atoms with Crippen LogP contribution in [0, 0.1) is 19.7 Å². The lowest BCUT2D eigenvalue weighted by molar-refractivity contribution is 0.338. The smallest absolute Gasteiger partial charge is 0.179 e. The normalized spacial score (nSPS) is 11.1. The number of hydrogen-bond donors (Lipinski definition) is 0. The SMILES string of the molecule is CCOc1ccc(-n2nc3c(N(C)Cc4ccccc4)nnc(C)c3c2C)c(F)c1. The van der Waals surface area contributed by atoms with Crippen molar-refractivity contribution < 1.29 is 9.13 Å². The minimum Gasteiger partial charge on any atom is -0.494 e. The monoisotopic (exact) mass is 405 g/mol. The summed E-state index contributed by atoms with van der Waals surface area (Å²) in [5.41, 5.74) is 3.80. The highest BCUT2D eigenvalue weighted by atomic mass is 19.1. The van der Waals surface area contributed by atoms with Crippen LogP contribution in [-0.4, -0.2) is 33.6 Å². The number of hydrogen-bond acceptors (Lipinski definition) is 5. The maximum absolute atomic E-state index is 14.8. The van der Waals surface area contributed by atoms with Gasteiger partial charge in [0.25, 0.3) is 0 Å². The molecule has 2 aromatic heterocycles. The van der Waals surface area contributed by atoms with E-state index in [9.17, 15) is 4.39 Å². The van der Waals surface area contributed by atoms with E-state index in [2.05, 4.69) is 22.3 Å². The van der Waals surface area contributed by atoms with Gasteiger partial charge in [0.2, 0.25) is 0 Å². The highest BCUT2D eigenvalue weighted by molar-refractivity contribution is 5.92. The maximum atomic E-state index is 14.8. The Kier molecular flexibility index (Phi) is 5.35. The van der Waals surface area contributed by atoms with E-state index < -0.39 is 5.82 Å². The van der Waals surface area contributed by atoms with Crippen molar-refractivity contribution in [3.8, 4) is 11.4 Å². The minimum absolute atomic E-state index is 0.364. The van der Waals surface area contributed by atoms with Gasteiger partial charge in [-0.2, -0.15) is 10.2 Å². The summed E-state index contributed by atoms with van der Waals surface area (Å²) in [5.74, 6) is 0.762. The number of nitrogens with zero attached hydrogens (tertiary/aromatic N) is 5. The Morgan fingerprint density at radius 3 is 2.53 bits per heavy atom. The van der Waals surface area contributed by atoms with Crippen LogP contribution in [0.2, 0.25) is 0 Å². The van der Waals surface area contributed by atoms with Crippen LogP contribution in [0.15, 0.2) is 48.5 Å². The van der Waals surface area contributed by atoms with Crippen molar-refractivity contribution in [2.75, 3.05) is 18.6 Å². The third-order valence-electron chi connectivity index (χ3n) is 5.07. The van der Waals surface area contributed by atoms with Crippen LogP contribution in [0.25, 0.3) is 16.6 Å². The van der Waals surface area contributed by atoms with Crippen molar-refractivity contribution in [1.29, 1.82) is 0 Å². The zero-order valence-corrected chi connectivity index (χ0v) is 17.6. The van der Waals surface area contributed by atoms with Gasteiger partial charge in [0, 0.05) is 19.7 Å². The second kappa shape index (κ2) is 8.10. The first-order chi connectivity index (χ1) is 14.5. The molecule has 0 radical (unpaired) electrons. The predicted molar refractivity (Wildman–Crippen MR) is 116 cm³/mol. The number of aromatic nitrogens is 4. The fourth-order valence-electron chi connectivity index (χ4n) is 3.65. The van der Waals surface area contributed by atoms with Crippen molar-refractivity contribution in [2.45, 2.75) is 27.3 Å². The molecule has 4 rings (SSSR count). The number of ether oxygens (including phenoxy) is 1. The first-order valence-corrected chi connectivity index (χ1v) is 9.90. The number of anilines is 1. The largest absolute Gasteiger partial charge is 0.494 e. The molecule has 6 nitrogen and oxygen atoms in total. The Labute approximate surface area is 174 Å². The second-order valence-corrected chi connectivity index (χ2v) is 7.22. The van der Waals surface area contributed by atoms with Crippen molar-refractivity contribution in [3.05, 3.63) is 71.3 Å². The Balaban J connectivity index is 1.80. The summed E-state index contributed by atoms with van der Waals surface area (Å²) >= 11 is 0. The van der Waals surface area contributed by atoms with E-state index in [0.29, 0.717) is 35.9 Å². The molecule has 154 valence electrons. The minimum atomic E-state index is -0.394. The topological polar surface area (TPSA) is 56.1 Å². The van der Waals surface area contributed by atoms with Crippen molar-refractivity contribution >= 4 is 16.7 Å². The van der Waals surface area contributed by atoms with Gasteiger partial charge in [0.05, 0.1) is 23.4 Å². The molecule has 0 saturated heterocycles. The lowest BCUT2D eigenvalue weighted by atomic mass is 10.2. The molecular formula is C23H24FN5O. The van der Waals surface area contributed by atoms with Crippen molar-refractivity contribution in [3.63, 3.8) is 0 Å². The van der Waals surface area contributed by atoms with Crippen LogP contribution >= 0.6 is 0 Å². The summed E-state index contributed by atoms with van der Waals surface area (Å²) in [5, 5.41) is 14.4. The highest BCUT2D eigenvalue weighted by Gasteiger charge is 2.20. The number of aryl methyl sites for hydroxylation is 2. The van der Waals surface area contributed by atoms with Crippen LogP contribution in [-0.2, 0) is 6.54 Å². The Bertz CT molecular complexity index is 1190. The summed E-state index contributed by atoms with van der Waals surface area (Å²) in [4.78, 5) is 2.01. The molecule has 2 heterocycles. The molecule has 0 spiro atoms. The van der Waals surface area contributed by atoms with Gasteiger partial charge in [-0.05, 0) is 38.5 Å². The van der Waals surface area contributed by atoms with E-state index in [1.165, 1.54) is 6.07 Å². The fraction of sp³-hybridized carbons (Fsp3) is 0.261. The molecule has 0 saturated carbocycles. The van der Waals surface area contributed by atoms with Gasteiger partial charge in [-0.3, -0.25) is 0 Å². The van der Waals surface area contributed by atoms with Crippen LogP contribution in [0.3, 0.4) is 0 Å². The molecule has 0 aliphatic heterocycles. The molecule has 7 heteroatoms. The molecule has 0 unspecified atom stereocenters. The molecule has 0 bridgehead atoms. The first-order valence-electron chi connectivity index (χ1n) is 9.90. The highest BCUT2D eigenvalue weighted by Crippen LogP contribution is 2.30. The molecule has 0 aliphatic rings. The standard InChI is InChI=1S/C23H24FN5O/c1-5-30-18-11-12-20(19(24)13-18)29-16(3)21-15(2)25-26-23(22(21)27-29)28(4)14-17-9-7-6-8-10-17/h6-13H,5,14H2,1-4H3. The third-order valence-corrected chi connectivity index (χ3v) is 5.07. The molecule has 0 aliphatic carbocycles. The summed E-state index contributed by atoms with van der Waals surface area (Å²) < 4.78 is 21.8. The van der Waals surface area contributed by atoms with Crippen molar-refractivity contribution in [2.24, 2.45) is 0 Å². The van der Waals surface area contributed by atoms with Crippen LogP contribution < -0.4 is 9.64 Å². The summed E-state index contributed by atoms with van der Waals surface area (Å²) in [6.07, 6.45) is 0. The van der Waals surface area contributed by atoms with Gasteiger partial charge >= 0.3 is 0 Å². The average Bonchev–Trinajstić information content (AvgIpc) is 3.07. The van der Waals surface area contributed by atoms with Gasteiger partial charge in [0.15, 0.2) is 11.6 Å². The van der Waals surface area contributed by atoms with E-state index in [0.717, 1.165) is 22.3 Å². The average molecular weight is 405 g/mol. The molecular weight excluding hydrogens is 381 g/mol. The van der Waals surface area contributed by atoms with Crippen LogP contribution in [0.5, 0.6) is 5.75 Å².